The van der Waals surface area contributed by atoms with Gasteiger partial charge in [0, 0.05) is 6.92 Å². The van der Waals surface area contributed by atoms with Gasteiger partial charge in [-0.2, -0.15) is 0 Å². The fourth-order valence-electron chi connectivity index (χ4n) is 3.70. The van der Waals surface area contributed by atoms with Crippen LogP contribution in [0.4, 0.5) is 0 Å². The molecule has 1 aliphatic heterocycles. The summed E-state index contributed by atoms with van der Waals surface area (Å²) in [6.07, 6.45) is -5.09. The summed E-state index contributed by atoms with van der Waals surface area (Å²) in [5.41, 5.74) is 0.782. The van der Waals surface area contributed by atoms with E-state index in [0.29, 0.717) is 5.56 Å². The summed E-state index contributed by atoms with van der Waals surface area (Å²) >= 11 is 0. The van der Waals surface area contributed by atoms with Crippen LogP contribution < -0.4 is 0 Å². The molecule has 4 atom stereocenters. The molecule has 1 unspecified atom stereocenters. The van der Waals surface area contributed by atoms with Crippen molar-refractivity contribution in [2.45, 2.75) is 31.5 Å². The molecule has 0 aliphatic carbocycles. The van der Waals surface area contributed by atoms with Crippen molar-refractivity contribution < 1.29 is 42.9 Å². The number of ether oxygens (including phenoxy) is 5. The fraction of sp³-hybridized carbons (Fsp3) is 0.214. The molecule has 1 saturated heterocycles. The largest absolute Gasteiger partial charge is 0.459 e. The zero-order valence-corrected chi connectivity index (χ0v) is 19.9. The molecule has 9 heteroatoms. The summed E-state index contributed by atoms with van der Waals surface area (Å²) < 4.78 is 27.7. The summed E-state index contributed by atoms with van der Waals surface area (Å²) in [5.74, 6) is -2.81. The third-order valence-electron chi connectivity index (χ3n) is 5.44. The monoisotopic (exact) mass is 504 g/mol. The summed E-state index contributed by atoms with van der Waals surface area (Å²) in [5, 5.41) is 0. The van der Waals surface area contributed by atoms with Crippen molar-refractivity contribution in [2.24, 2.45) is 0 Å². The molecule has 0 N–H and O–H groups in total. The lowest BCUT2D eigenvalue weighted by molar-refractivity contribution is -0.187. The lowest BCUT2D eigenvalue weighted by Crippen LogP contribution is -2.42. The van der Waals surface area contributed by atoms with Gasteiger partial charge in [-0.1, -0.05) is 54.6 Å². The van der Waals surface area contributed by atoms with Gasteiger partial charge in [-0.3, -0.25) is 4.79 Å². The number of carbonyl (C=O) groups excluding carboxylic acids is 4. The van der Waals surface area contributed by atoms with Gasteiger partial charge >= 0.3 is 23.9 Å². The van der Waals surface area contributed by atoms with Gasteiger partial charge in [0.2, 0.25) is 12.4 Å². The first kappa shape index (κ1) is 25.6. The number of rotatable bonds is 8. The van der Waals surface area contributed by atoms with Crippen LogP contribution in [0.1, 0.15) is 38.0 Å². The van der Waals surface area contributed by atoms with E-state index < -0.39 is 48.5 Å². The molecule has 3 aromatic carbocycles. The van der Waals surface area contributed by atoms with E-state index in [2.05, 4.69) is 0 Å². The third kappa shape index (κ3) is 6.59. The third-order valence-corrected chi connectivity index (χ3v) is 5.44. The minimum atomic E-state index is -1.40. The van der Waals surface area contributed by atoms with Crippen LogP contribution in [0, 0.1) is 0 Å². The molecule has 1 aliphatic rings. The molecular weight excluding hydrogens is 480 g/mol. The lowest BCUT2D eigenvalue weighted by Gasteiger charge is -2.24. The van der Waals surface area contributed by atoms with E-state index in [9.17, 15) is 19.2 Å². The van der Waals surface area contributed by atoms with Crippen molar-refractivity contribution in [3.8, 4) is 0 Å². The number of esters is 4. The number of carbonyl (C=O) groups is 4. The second-order valence-electron chi connectivity index (χ2n) is 8.09. The van der Waals surface area contributed by atoms with Crippen molar-refractivity contribution in [1.29, 1.82) is 0 Å². The molecule has 0 aromatic heterocycles. The topological polar surface area (TPSA) is 114 Å². The van der Waals surface area contributed by atoms with Gasteiger partial charge in [0.1, 0.15) is 12.7 Å². The molecule has 0 amide bonds. The predicted molar refractivity (Wildman–Crippen MR) is 128 cm³/mol. The van der Waals surface area contributed by atoms with E-state index >= 15 is 0 Å². The molecule has 37 heavy (non-hydrogen) atoms. The molecule has 0 spiro atoms. The van der Waals surface area contributed by atoms with Gasteiger partial charge in [-0.05, 0) is 36.4 Å². The van der Waals surface area contributed by atoms with Crippen LogP contribution in [0.2, 0.25) is 0 Å². The van der Waals surface area contributed by atoms with Gasteiger partial charge in [-0.25, -0.2) is 14.4 Å². The molecule has 1 heterocycles. The smallest absolute Gasteiger partial charge is 0.338 e. The van der Waals surface area contributed by atoms with Crippen molar-refractivity contribution in [3.05, 3.63) is 108 Å². The second kappa shape index (κ2) is 12.0. The lowest BCUT2D eigenvalue weighted by atomic mass is 10.1. The van der Waals surface area contributed by atoms with Crippen LogP contribution in [0.3, 0.4) is 0 Å². The fourth-order valence-corrected chi connectivity index (χ4v) is 3.70. The Morgan fingerprint density at radius 2 is 1.05 bits per heavy atom. The minimum absolute atomic E-state index is 0.233. The van der Waals surface area contributed by atoms with E-state index in [1.807, 2.05) is 0 Å². The van der Waals surface area contributed by atoms with E-state index in [-0.39, 0.29) is 17.7 Å². The molecule has 0 radical (unpaired) electrons. The summed E-state index contributed by atoms with van der Waals surface area (Å²) in [7, 11) is 0. The highest BCUT2D eigenvalue weighted by molar-refractivity contribution is 5.91. The molecular formula is C28H24O9. The highest BCUT2D eigenvalue weighted by atomic mass is 16.8. The predicted octanol–water partition coefficient (Wildman–Crippen LogP) is 3.58. The highest BCUT2D eigenvalue weighted by Gasteiger charge is 2.52. The Kier molecular flexibility index (Phi) is 8.27. The average molecular weight is 504 g/mol. The quantitative estimate of drug-likeness (QED) is 0.335. The van der Waals surface area contributed by atoms with Crippen molar-refractivity contribution in [2.75, 3.05) is 6.61 Å². The number of benzene rings is 3. The Labute approximate surface area is 212 Å². The van der Waals surface area contributed by atoms with Crippen LogP contribution in [0.5, 0.6) is 0 Å². The number of hydrogen-bond donors (Lipinski definition) is 0. The zero-order chi connectivity index (χ0) is 26.2. The Morgan fingerprint density at radius 1 is 0.622 bits per heavy atom. The highest BCUT2D eigenvalue weighted by Crippen LogP contribution is 2.30. The van der Waals surface area contributed by atoms with Crippen molar-refractivity contribution >= 4 is 23.9 Å². The first-order chi connectivity index (χ1) is 17.9. The Morgan fingerprint density at radius 3 is 1.51 bits per heavy atom. The molecule has 4 rings (SSSR count). The Hall–Kier alpha value is -4.50. The van der Waals surface area contributed by atoms with Crippen LogP contribution in [0.15, 0.2) is 91.0 Å². The van der Waals surface area contributed by atoms with E-state index in [1.54, 1.807) is 91.0 Å². The van der Waals surface area contributed by atoms with Crippen LogP contribution in [-0.2, 0) is 28.5 Å². The van der Waals surface area contributed by atoms with Crippen molar-refractivity contribution in [1.82, 2.24) is 0 Å². The summed E-state index contributed by atoms with van der Waals surface area (Å²) in [6, 6.07) is 24.6. The van der Waals surface area contributed by atoms with E-state index in [1.165, 1.54) is 0 Å². The second-order valence-corrected chi connectivity index (χ2v) is 8.09. The van der Waals surface area contributed by atoms with Gasteiger partial charge in [0.25, 0.3) is 0 Å². The van der Waals surface area contributed by atoms with Gasteiger partial charge < -0.3 is 23.7 Å². The molecule has 190 valence electrons. The standard InChI is InChI=1S/C28H24O9/c1-18(29)34-28-24(37-27(32)21-15-9-4-10-16-21)23(36-26(31)20-13-7-3-8-14-20)22(35-28)17-33-25(30)19-11-5-2-6-12-19/h2-16,22-24,28H,17H2,1H3/t22-,23-,24+,28?/m0/s1. The Balaban J connectivity index is 1.58. The molecule has 1 fully saturated rings. The van der Waals surface area contributed by atoms with Crippen LogP contribution >= 0.6 is 0 Å². The minimum Gasteiger partial charge on any atom is -0.459 e. The normalized spacial score (nSPS) is 20.5. The first-order valence-electron chi connectivity index (χ1n) is 11.5. The van der Waals surface area contributed by atoms with Crippen molar-refractivity contribution in [3.63, 3.8) is 0 Å². The van der Waals surface area contributed by atoms with Gasteiger partial charge in [-0.15, -0.1) is 0 Å². The van der Waals surface area contributed by atoms with Crippen LogP contribution in [0.25, 0.3) is 0 Å². The van der Waals surface area contributed by atoms with Crippen LogP contribution in [-0.4, -0.2) is 55.1 Å². The molecule has 0 saturated carbocycles. The maximum absolute atomic E-state index is 12.9. The van der Waals surface area contributed by atoms with Gasteiger partial charge in [0.15, 0.2) is 6.10 Å². The molecule has 3 aromatic rings. The van der Waals surface area contributed by atoms with E-state index in [4.69, 9.17) is 23.7 Å². The van der Waals surface area contributed by atoms with E-state index in [0.717, 1.165) is 6.92 Å². The zero-order valence-electron chi connectivity index (χ0n) is 19.9. The molecule has 0 bridgehead atoms. The molecule has 9 nitrogen and oxygen atoms in total. The summed E-state index contributed by atoms with van der Waals surface area (Å²) in [6.45, 7) is 0.796. The number of hydrogen-bond acceptors (Lipinski definition) is 9. The SMILES string of the molecule is CC(=O)OC1O[C@@H](COC(=O)c2ccccc2)[C@H](OC(=O)c2ccccc2)[C@H]1OC(=O)c1ccccc1. The Bertz CT molecular complexity index is 1230. The summed E-state index contributed by atoms with van der Waals surface area (Å²) in [4.78, 5) is 50.0. The first-order valence-corrected chi connectivity index (χ1v) is 11.5. The van der Waals surface area contributed by atoms with Gasteiger partial charge in [0.05, 0.1) is 16.7 Å². The maximum atomic E-state index is 12.9. The average Bonchev–Trinajstić information content (AvgIpc) is 3.23. The maximum Gasteiger partial charge on any atom is 0.338 e.